The second-order valence-electron chi connectivity index (χ2n) is 3.35. The van der Waals surface area contributed by atoms with Crippen LogP contribution in [0.4, 0.5) is 4.79 Å². The predicted octanol–water partition coefficient (Wildman–Crippen LogP) is -1.26. The van der Waals surface area contributed by atoms with Crippen LogP contribution in [0.2, 0.25) is 0 Å². The fraction of sp³-hybridized carbons (Fsp3) is 0.778. The van der Waals surface area contributed by atoms with E-state index in [4.69, 9.17) is 0 Å². The van der Waals surface area contributed by atoms with Gasteiger partial charge >= 0.3 is 6.03 Å². The van der Waals surface area contributed by atoms with Gasteiger partial charge in [0.25, 0.3) is 0 Å². The number of hydrogen-bond donors (Lipinski definition) is 3. The topological polar surface area (TPSA) is 73.5 Å². The first kappa shape index (κ1) is 11.8. The van der Waals surface area contributed by atoms with Gasteiger partial charge in [-0.05, 0) is 6.92 Å². The van der Waals surface area contributed by atoms with Crippen LogP contribution in [0.1, 0.15) is 6.92 Å². The van der Waals surface area contributed by atoms with Gasteiger partial charge in [-0.2, -0.15) is 0 Å². The molecule has 0 aromatic carbocycles. The van der Waals surface area contributed by atoms with Crippen LogP contribution in [0.25, 0.3) is 0 Å². The van der Waals surface area contributed by atoms with Crippen LogP contribution < -0.4 is 16.0 Å². The maximum absolute atomic E-state index is 11.1. The molecule has 0 atom stereocenters. The van der Waals surface area contributed by atoms with Gasteiger partial charge in [-0.25, -0.2) is 4.79 Å². The van der Waals surface area contributed by atoms with Crippen LogP contribution >= 0.6 is 0 Å². The molecule has 1 rings (SSSR count). The average Bonchev–Trinajstić information content (AvgIpc) is 2.60. The highest BCUT2D eigenvalue weighted by atomic mass is 16.2. The number of urea groups is 1. The van der Waals surface area contributed by atoms with Crippen molar-refractivity contribution in [2.45, 2.75) is 6.92 Å². The van der Waals surface area contributed by atoms with E-state index in [1.54, 1.807) is 4.90 Å². The lowest BCUT2D eigenvalue weighted by Gasteiger charge is -2.13. The van der Waals surface area contributed by atoms with Crippen LogP contribution in [-0.2, 0) is 4.79 Å². The van der Waals surface area contributed by atoms with E-state index < -0.39 is 0 Å². The monoisotopic (exact) mass is 214 g/mol. The lowest BCUT2D eigenvalue weighted by atomic mass is 10.5. The molecule has 1 aliphatic heterocycles. The Balaban J connectivity index is 2.01. The maximum Gasteiger partial charge on any atom is 0.317 e. The van der Waals surface area contributed by atoms with Crippen molar-refractivity contribution in [3.63, 3.8) is 0 Å². The number of nitrogens with one attached hydrogen (secondary N) is 3. The van der Waals surface area contributed by atoms with Gasteiger partial charge in [0, 0.05) is 32.7 Å². The lowest BCUT2D eigenvalue weighted by Crippen LogP contribution is -2.39. The minimum atomic E-state index is -0.0187. The van der Waals surface area contributed by atoms with E-state index in [0.29, 0.717) is 26.2 Å². The molecule has 0 bridgehead atoms. The Morgan fingerprint density at radius 3 is 3.00 bits per heavy atom. The minimum absolute atomic E-state index is 0.0108. The zero-order chi connectivity index (χ0) is 11.1. The van der Waals surface area contributed by atoms with E-state index in [9.17, 15) is 9.59 Å². The molecule has 0 aliphatic carbocycles. The van der Waals surface area contributed by atoms with Crippen LogP contribution in [0.15, 0.2) is 0 Å². The predicted molar refractivity (Wildman–Crippen MR) is 56.5 cm³/mol. The summed E-state index contributed by atoms with van der Waals surface area (Å²) in [7, 11) is 0. The summed E-state index contributed by atoms with van der Waals surface area (Å²) in [4.78, 5) is 23.9. The van der Waals surface area contributed by atoms with Gasteiger partial charge in [-0.3, -0.25) is 4.79 Å². The van der Waals surface area contributed by atoms with Crippen molar-refractivity contribution in [1.82, 2.24) is 20.9 Å². The molecule has 0 aromatic rings. The molecule has 1 fully saturated rings. The summed E-state index contributed by atoms with van der Waals surface area (Å²) in [5.74, 6) is -0.0108. The van der Waals surface area contributed by atoms with E-state index in [0.717, 1.165) is 13.1 Å². The molecule has 86 valence electrons. The molecule has 3 N–H and O–H groups in total. The standard InChI is InChI=1S/C9H18N4O2/c1-2-11-8(14)7-10-3-5-13-6-4-12-9(13)15/h10H,2-7H2,1H3,(H,11,14)(H,12,15). The summed E-state index contributed by atoms with van der Waals surface area (Å²) in [5.41, 5.74) is 0. The molecule has 0 aromatic heterocycles. The van der Waals surface area contributed by atoms with E-state index in [1.165, 1.54) is 0 Å². The lowest BCUT2D eigenvalue weighted by molar-refractivity contribution is -0.120. The second-order valence-corrected chi connectivity index (χ2v) is 3.35. The van der Waals surface area contributed by atoms with Crippen LogP contribution in [0.5, 0.6) is 0 Å². The third-order valence-corrected chi connectivity index (χ3v) is 2.16. The van der Waals surface area contributed by atoms with Crippen molar-refractivity contribution in [2.75, 3.05) is 39.3 Å². The Hall–Kier alpha value is -1.30. The van der Waals surface area contributed by atoms with Gasteiger partial charge in [0.1, 0.15) is 0 Å². The largest absolute Gasteiger partial charge is 0.355 e. The fourth-order valence-corrected chi connectivity index (χ4v) is 1.40. The molecule has 1 aliphatic rings. The number of rotatable bonds is 6. The Morgan fingerprint density at radius 1 is 1.60 bits per heavy atom. The fourth-order valence-electron chi connectivity index (χ4n) is 1.40. The van der Waals surface area contributed by atoms with Gasteiger partial charge in [0.2, 0.25) is 5.91 Å². The maximum atomic E-state index is 11.1. The van der Waals surface area contributed by atoms with Crippen molar-refractivity contribution in [3.05, 3.63) is 0 Å². The first-order valence-electron chi connectivity index (χ1n) is 5.24. The Bertz CT molecular complexity index is 232. The molecule has 6 nitrogen and oxygen atoms in total. The average molecular weight is 214 g/mol. The van der Waals surface area contributed by atoms with Gasteiger partial charge in [0.15, 0.2) is 0 Å². The number of carbonyl (C=O) groups excluding carboxylic acids is 2. The summed E-state index contributed by atoms with van der Waals surface area (Å²) in [6.07, 6.45) is 0. The van der Waals surface area contributed by atoms with Gasteiger partial charge in [0.05, 0.1) is 6.54 Å². The summed E-state index contributed by atoms with van der Waals surface area (Å²) < 4.78 is 0. The van der Waals surface area contributed by atoms with Crippen molar-refractivity contribution in [1.29, 1.82) is 0 Å². The zero-order valence-electron chi connectivity index (χ0n) is 9.01. The SMILES string of the molecule is CCNC(=O)CNCCN1CCNC1=O. The third kappa shape index (κ3) is 4.16. The van der Waals surface area contributed by atoms with E-state index in [1.807, 2.05) is 6.92 Å². The molecule has 1 heterocycles. The number of hydrogen-bond acceptors (Lipinski definition) is 3. The molecular weight excluding hydrogens is 196 g/mol. The van der Waals surface area contributed by atoms with Crippen LogP contribution in [0.3, 0.4) is 0 Å². The number of carbonyl (C=O) groups is 2. The molecule has 15 heavy (non-hydrogen) atoms. The van der Waals surface area contributed by atoms with Crippen LogP contribution in [-0.4, -0.2) is 56.1 Å². The summed E-state index contributed by atoms with van der Waals surface area (Å²) >= 11 is 0. The Labute approximate surface area is 89.4 Å². The highest BCUT2D eigenvalue weighted by Gasteiger charge is 2.18. The van der Waals surface area contributed by atoms with Gasteiger partial charge < -0.3 is 20.9 Å². The summed E-state index contributed by atoms with van der Waals surface area (Å²) in [5, 5.41) is 8.39. The molecule has 0 unspecified atom stereocenters. The highest BCUT2D eigenvalue weighted by molar-refractivity contribution is 5.78. The van der Waals surface area contributed by atoms with Crippen molar-refractivity contribution < 1.29 is 9.59 Å². The highest BCUT2D eigenvalue weighted by Crippen LogP contribution is 1.93. The quantitative estimate of drug-likeness (QED) is 0.483. The molecular formula is C9H18N4O2. The van der Waals surface area contributed by atoms with E-state index in [2.05, 4.69) is 16.0 Å². The molecule has 0 saturated carbocycles. The molecule has 0 radical (unpaired) electrons. The van der Waals surface area contributed by atoms with E-state index >= 15 is 0 Å². The number of amides is 3. The summed E-state index contributed by atoms with van der Waals surface area (Å²) in [6.45, 7) is 5.59. The van der Waals surface area contributed by atoms with Crippen molar-refractivity contribution in [3.8, 4) is 0 Å². The first-order valence-corrected chi connectivity index (χ1v) is 5.24. The zero-order valence-corrected chi connectivity index (χ0v) is 9.01. The second kappa shape index (κ2) is 6.23. The molecule has 3 amide bonds. The molecule has 0 spiro atoms. The molecule has 6 heteroatoms. The Morgan fingerprint density at radius 2 is 2.40 bits per heavy atom. The van der Waals surface area contributed by atoms with E-state index in [-0.39, 0.29) is 11.9 Å². The molecule has 1 saturated heterocycles. The van der Waals surface area contributed by atoms with Crippen LogP contribution in [0, 0.1) is 0 Å². The van der Waals surface area contributed by atoms with Gasteiger partial charge in [-0.15, -0.1) is 0 Å². The number of likely N-dealkylation sites (N-methyl/N-ethyl adjacent to an activating group) is 1. The summed E-state index contributed by atoms with van der Waals surface area (Å²) in [6, 6.07) is -0.0187. The normalized spacial score (nSPS) is 15.3. The smallest absolute Gasteiger partial charge is 0.317 e. The van der Waals surface area contributed by atoms with Crippen molar-refractivity contribution >= 4 is 11.9 Å². The number of nitrogens with zero attached hydrogens (tertiary/aromatic N) is 1. The minimum Gasteiger partial charge on any atom is -0.355 e. The third-order valence-electron chi connectivity index (χ3n) is 2.16. The Kier molecular flexibility index (Phi) is 4.89. The van der Waals surface area contributed by atoms with Crippen molar-refractivity contribution in [2.24, 2.45) is 0 Å². The van der Waals surface area contributed by atoms with Gasteiger partial charge in [-0.1, -0.05) is 0 Å². The first-order chi connectivity index (χ1) is 7.24.